The predicted molar refractivity (Wildman–Crippen MR) is 146 cm³/mol. The van der Waals surface area contributed by atoms with Gasteiger partial charge >= 0.3 is 5.97 Å². The van der Waals surface area contributed by atoms with Crippen molar-refractivity contribution in [2.24, 2.45) is 0 Å². The number of ether oxygens (including phenoxy) is 2. The molecule has 6 rings (SSSR count). The summed E-state index contributed by atoms with van der Waals surface area (Å²) in [6.45, 7) is 2.60. The van der Waals surface area contributed by atoms with Crippen molar-refractivity contribution in [3.63, 3.8) is 0 Å². The Bertz CT molecular complexity index is 1330. The number of hydrogen-bond donors (Lipinski definition) is 5. The molecule has 5 N–H and O–H groups in total. The molecule has 0 radical (unpaired) electrons. The number of phenolic OH excluding ortho intramolecular Hbond substituents is 2. The van der Waals surface area contributed by atoms with Gasteiger partial charge in [0.25, 0.3) is 0 Å². The summed E-state index contributed by atoms with van der Waals surface area (Å²) in [5.74, 6) is -0.818. The molecule has 2 bridgehead atoms. The predicted octanol–water partition coefficient (Wildman–Crippen LogP) is 1.69. The number of amides is 1. The van der Waals surface area contributed by atoms with Crippen LogP contribution in [0.1, 0.15) is 42.9 Å². The number of aromatic hydroxyl groups is 2. The topological polar surface area (TPSA) is 141 Å². The zero-order valence-electron chi connectivity index (χ0n) is 23.0. The third-order valence-corrected chi connectivity index (χ3v) is 9.90. The van der Waals surface area contributed by atoms with Gasteiger partial charge in [0.05, 0.1) is 17.1 Å². The van der Waals surface area contributed by atoms with E-state index >= 15 is 0 Å². The monoisotopic (exact) mass is 551 g/mol. The zero-order valence-corrected chi connectivity index (χ0v) is 23.0. The number of phenols is 2. The standard InChI is InChI=1S/C30H37N3O7/c1-16(27(36)32-21(28(37)38)14-17-4-7-19(34)8-5-17)31-20-10-11-30(39-3)23-15-18-6-9-22(35)25-24(18)29(30,26(20)40-25)12-13-33(23)2/h4-9,16,20-21,23,26,31,34-35H,10-15H2,1-3H3,(H,32,36)(H,37,38)/t16-,20-,21-,23?,26-,29-,30+/m0/s1. The summed E-state index contributed by atoms with van der Waals surface area (Å²) >= 11 is 0. The minimum absolute atomic E-state index is 0.0903. The molecule has 1 saturated carbocycles. The Morgan fingerprint density at radius 3 is 2.62 bits per heavy atom. The summed E-state index contributed by atoms with van der Waals surface area (Å²) < 4.78 is 13.1. The van der Waals surface area contributed by atoms with Crippen LogP contribution < -0.4 is 15.4 Å². The van der Waals surface area contributed by atoms with Crippen molar-refractivity contribution in [3.8, 4) is 17.2 Å². The van der Waals surface area contributed by atoms with Gasteiger partial charge in [-0.15, -0.1) is 0 Å². The highest BCUT2D eigenvalue weighted by molar-refractivity contribution is 5.87. The quantitative estimate of drug-likeness (QED) is 0.332. The Labute approximate surface area is 233 Å². The number of piperidine rings is 1. The van der Waals surface area contributed by atoms with Crippen molar-refractivity contribution in [1.29, 1.82) is 0 Å². The molecule has 1 spiro atoms. The molecule has 2 fully saturated rings. The number of methoxy groups -OCH3 is 1. The normalized spacial score (nSPS) is 31.5. The lowest BCUT2D eigenvalue weighted by atomic mass is 9.48. The van der Waals surface area contributed by atoms with Crippen LogP contribution in [0, 0.1) is 0 Å². The van der Waals surface area contributed by atoms with Crippen molar-refractivity contribution in [2.75, 3.05) is 20.7 Å². The summed E-state index contributed by atoms with van der Waals surface area (Å²) in [4.78, 5) is 27.6. The molecule has 10 nitrogen and oxygen atoms in total. The Balaban J connectivity index is 1.25. The van der Waals surface area contributed by atoms with E-state index in [0.29, 0.717) is 17.7 Å². The number of carbonyl (C=O) groups excluding carboxylic acids is 1. The second-order valence-electron chi connectivity index (χ2n) is 11.8. The summed E-state index contributed by atoms with van der Waals surface area (Å²) in [6, 6.07) is 8.10. The number of carboxylic acid groups (broad SMARTS) is 1. The summed E-state index contributed by atoms with van der Waals surface area (Å²) in [5.41, 5.74) is 1.94. The first-order chi connectivity index (χ1) is 19.1. The number of carboxylic acids is 1. The van der Waals surface area contributed by atoms with Gasteiger partial charge in [-0.1, -0.05) is 18.2 Å². The third-order valence-electron chi connectivity index (χ3n) is 9.90. The van der Waals surface area contributed by atoms with E-state index in [-0.39, 0.29) is 36.1 Å². The summed E-state index contributed by atoms with van der Waals surface area (Å²) in [6.07, 6.45) is 2.81. The molecule has 2 aliphatic heterocycles. The maximum absolute atomic E-state index is 13.3. The molecule has 0 aromatic heterocycles. The number of likely N-dealkylation sites (tertiary alicyclic amines) is 1. The third kappa shape index (κ3) is 3.80. The lowest BCUT2D eigenvalue weighted by molar-refractivity contribution is -0.203. The zero-order chi connectivity index (χ0) is 28.4. The van der Waals surface area contributed by atoms with Crippen molar-refractivity contribution < 1.29 is 34.4 Å². The van der Waals surface area contributed by atoms with Crippen molar-refractivity contribution in [1.82, 2.24) is 15.5 Å². The van der Waals surface area contributed by atoms with Gasteiger partial charge in [-0.25, -0.2) is 4.79 Å². The van der Waals surface area contributed by atoms with E-state index in [2.05, 4.69) is 22.6 Å². The van der Waals surface area contributed by atoms with Crippen LogP contribution in [0.2, 0.25) is 0 Å². The number of rotatable bonds is 8. The Hall–Kier alpha value is -3.34. The number of hydrogen-bond acceptors (Lipinski definition) is 8. The summed E-state index contributed by atoms with van der Waals surface area (Å²) in [5, 5.41) is 36.3. The number of nitrogens with one attached hydrogen (secondary N) is 2. The van der Waals surface area contributed by atoms with Crippen LogP contribution in [0.4, 0.5) is 0 Å². The first-order valence-electron chi connectivity index (χ1n) is 14.0. The Morgan fingerprint density at radius 1 is 1.18 bits per heavy atom. The van der Waals surface area contributed by atoms with Crippen molar-refractivity contribution >= 4 is 11.9 Å². The highest BCUT2D eigenvalue weighted by atomic mass is 16.5. The Morgan fingerprint density at radius 2 is 1.93 bits per heavy atom. The average Bonchev–Trinajstić information content (AvgIpc) is 3.29. The Kier molecular flexibility index (Phi) is 6.47. The first kappa shape index (κ1) is 26.9. The van der Waals surface area contributed by atoms with Crippen molar-refractivity contribution in [2.45, 2.75) is 80.3 Å². The average molecular weight is 552 g/mol. The largest absolute Gasteiger partial charge is 0.508 e. The van der Waals surface area contributed by atoms with Gasteiger partial charge < -0.3 is 35.0 Å². The molecule has 2 heterocycles. The molecule has 10 heteroatoms. The van der Waals surface area contributed by atoms with Crippen LogP contribution in [-0.2, 0) is 32.6 Å². The van der Waals surface area contributed by atoms with Crippen LogP contribution in [-0.4, -0.2) is 88.7 Å². The van der Waals surface area contributed by atoms with Gasteiger partial charge in [0, 0.05) is 31.2 Å². The van der Waals surface area contributed by atoms with E-state index in [1.165, 1.54) is 17.7 Å². The fraction of sp³-hybridized carbons (Fsp3) is 0.533. The van der Waals surface area contributed by atoms with E-state index in [9.17, 15) is 24.9 Å². The molecule has 2 aliphatic carbocycles. The van der Waals surface area contributed by atoms with Crippen LogP contribution in [0.15, 0.2) is 36.4 Å². The number of nitrogens with zero attached hydrogens (tertiary/aromatic N) is 1. The van der Waals surface area contributed by atoms with Gasteiger partial charge in [-0.2, -0.15) is 0 Å². The molecular weight excluding hydrogens is 514 g/mol. The van der Waals surface area contributed by atoms with E-state index in [4.69, 9.17) is 9.47 Å². The molecule has 7 atom stereocenters. The molecule has 4 aliphatic rings. The van der Waals surface area contributed by atoms with E-state index < -0.39 is 35.0 Å². The van der Waals surface area contributed by atoms with Gasteiger partial charge in [0.15, 0.2) is 11.5 Å². The molecule has 2 aromatic rings. The van der Waals surface area contributed by atoms with E-state index in [0.717, 1.165) is 31.4 Å². The molecule has 214 valence electrons. The number of benzene rings is 2. The second-order valence-corrected chi connectivity index (χ2v) is 11.8. The van der Waals surface area contributed by atoms with Gasteiger partial charge in [0.2, 0.25) is 5.91 Å². The van der Waals surface area contributed by atoms with Gasteiger partial charge in [-0.05, 0) is 75.5 Å². The highest BCUT2D eigenvalue weighted by Gasteiger charge is 2.73. The summed E-state index contributed by atoms with van der Waals surface area (Å²) in [7, 11) is 3.92. The molecule has 2 aromatic carbocycles. The molecule has 40 heavy (non-hydrogen) atoms. The lowest BCUT2D eigenvalue weighted by Crippen LogP contribution is -2.78. The minimum atomic E-state index is -1.13. The van der Waals surface area contributed by atoms with Crippen LogP contribution in [0.3, 0.4) is 0 Å². The molecular formula is C30H37N3O7. The van der Waals surface area contributed by atoms with Crippen LogP contribution in [0.25, 0.3) is 0 Å². The van der Waals surface area contributed by atoms with Gasteiger partial charge in [0.1, 0.15) is 17.9 Å². The number of carbonyl (C=O) groups is 2. The highest BCUT2D eigenvalue weighted by Crippen LogP contribution is 2.66. The van der Waals surface area contributed by atoms with Crippen molar-refractivity contribution in [3.05, 3.63) is 53.1 Å². The molecule has 1 unspecified atom stereocenters. The minimum Gasteiger partial charge on any atom is -0.508 e. The molecule has 1 amide bonds. The number of aliphatic carboxylic acids is 1. The maximum atomic E-state index is 13.3. The van der Waals surface area contributed by atoms with E-state index in [1.807, 2.05) is 6.07 Å². The molecule has 1 saturated heterocycles. The maximum Gasteiger partial charge on any atom is 0.326 e. The fourth-order valence-electron chi connectivity index (χ4n) is 8.07. The lowest BCUT2D eigenvalue weighted by Gasteiger charge is -2.65. The van der Waals surface area contributed by atoms with Gasteiger partial charge in [-0.3, -0.25) is 10.1 Å². The second kappa shape index (κ2) is 9.64. The first-order valence-corrected chi connectivity index (χ1v) is 14.0. The van der Waals surface area contributed by atoms with Crippen LogP contribution >= 0.6 is 0 Å². The van der Waals surface area contributed by atoms with Crippen LogP contribution in [0.5, 0.6) is 17.2 Å². The SMILES string of the molecule is CO[C@@]12CC[C@H](N[C@@H](C)C(=O)N[C@@H](Cc3ccc(O)cc3)C(=O)O)[C@@H]3Oc4c(O)ccc5c4[C@@]31CCN(C)C2C5. The van der Waals surface area contributed by atoms with E-state index in [1.54, 1.807) is 32.2 Å². The fourth-order valence-corrected chi connectivity index (χ4v) is 8.07. The smallest absolute Gasteiger partial charge is 0.326 e. The number of likely N-dealkylation sites (N-methyl/N-ethyl adjacent to an activating group) is 1.